The third-order valence-corrected chi connectivity index (χ3v) is 7.57. The summed E-state index contributed by atoms with van der Waals surface area (Å²) < 4.78 is 13.8. The second kappa shape index (κ2) is 13.1. The number of carbonyl (C=O) groups is 1. The first-order valence-electron chi connectivity index (χ1n) is 14.4. The molecule has 6 rings (SSSR count). The van der Waals surface area contributed by atoms with Gasteiger partial charge in [-0.2, -0.15) is 0 Å². The van der Waals surface area contributed by atoms with Crippen molar-refractivity contribution in [2.45, 2.75) is 25.4 Å². The minimum atomic E-state index is -0.196. The van der Waals surface area contributed by atoms with Gasteiger partial charge in [-0.25, -0.2) is 0 Å². The van der Waals surface area contributed by atoms with Crippen molar-refractivity contribution in [3.63, 3.8) is 0 Å². The molecule has 0 aliphatic rings. The smallest absolute Gasteiger partial charge is 0.221 e. The number of fused-ring (bicyclic) bond motifs is 1. The van der Waals surface area contributed by atoms with Gasteiger partial charge in [0.15, 0.2) is 0 Å². The van der Waals surface area contributed by atoms with Crippen molar-refractivity contribution >= 4 is 16.8 Å². The predicted octanol–water partition coefficient (Wildman–Crippen LogP) is 7.72. The van der Waals surface area contributed by atoms with Gasteiger partial charge < -0.3 is 19.4 Å². The Morgan fingerprint density at radius 3 is 2.33 bits per heavy atom. The molecule has 4 aromatic carbocycles. The molecule has 1 atom stereocenters. The second-order valence-corrected chi connectivity index (χ2v) is 10.5. The van der Waals surface area contributed by atoms with Crippen LogP contribution in [0.5, 0.6) is 17.2 Å². The third-order valence-electron chi connectivity index (χ3n) is 7.57. The van der Waals surface area contributed by atoms with Crippen molar-refractivity contribution in [2.24, 2.45) is 0 Å². The zero-order valence-corrected chi connectivity index (χ0v) is 24.0. The number of methoxy groups -OCH3 is 1. The monoisotopic (exact) mass is 567 g/mol. The maximum absolute atomic E-state index is 13.5. The van der Waals surface area contributed by atoms with Crippen LogP contribution in [0.25, 0.3) is 10.9 Å². The minimum Gasteiger partial charge on any atom is -0.497 e. The summed E-state index contributed by atoms with van der Waals surface area (Å²) in [5.74, 6) is 2.11. The second-order valence-electron chi connectivity index (χ2n) is 10.5. The molecule has 6 nitrogen and oxygen atoms in total. The van der Waals surface area contributed by atoms with Gasteiger partial charge in [-0.1, -0.05) is 60.7 Å². The Bertz CT molecular complexity index is 1800. The van der Waals surface area contributed by atoms with E-state index in [0.29, 0.717) is 13.1 Å². The van der Waals surface area contributed by atoms with E-state index >= 15 is 0 Å². The van der Waals surface area contributed by atoms with Gasteiger partial charge in [-0.3, -0.25) is 9.78 Å². The number of amides is 1. The van der Waals surface area contributed by atoms with E-state index in [0.717, 1.165) is 50.4 Å². The number of ether oxygens (including phenoxy) is 2. The average Bonchev–Trinajstić information content (AvgIpc) is 3.42. The van der Waals surface area contributed by atoms with Crippen molar-refractivity contribution in [1.29, 1.82) is 0 Å². The number of nitrogens with zero attached hydrogens (tertiary/aromatic N) is 2. The summed E-state index contributed by atoms with van der Waals surface area (Å²) in [6.07, 6.45) is 5.96. The molecular formula is C37H33N3O3. The summed E-state index contributed by atoms with van der Waals surface area (Å²) in [4.78, 5) is 17.5. The van der Waals surface area contributed by atoms with Crippen LogP contribution in [0.4, 0.5) is 0 Å². The summed E-state index contributed by atoms with van der Waals surface area (Å²) in [6, 6.07) is 38.1. The Hall–Kier alpha value is -5.36. The molecule has 1 N–H and O–H groups in total. The molecule has 0 unspecified atom stereocenters. The fourth-order valence-corrected chi connectivity index (χ4v) is 5.40. The van der Waals surface area contributed by atoms with Crippen LogP contribution >= 0.6 is 0 Å². The molecule has 1 amide bonds. The molecule has 0 radical (unpaired) electrons. The van der Waals surface area contributed by atoms with E-state index in [1.165, 1.54) is 0 Å². The number of rotatable bonds is 11. The van der Waals surface area contributed by atoms with Crippen molar-refractivity contribution in [3.8, 4) is 17.2 Å². The number of pyridine rings is 1. The van der Waals surface area contributed by atoms with Crippen LogP contribution in [0.15, 0.2) is 134 Å². The zero-order valence-electron chi connectivity index (χ0n) is 24.0. The Balaban J connectivity index is 1.35. The number of carbonyl (C=O) groups excluding carboxylic acids is 1. The molecular weight excluding hydrogens is 534 g/mol. The Labute approximate surface area is 251 Å². The molecule has 6 aromatic rings. The number of para-hydroxylation sites is 2. The number of aromatic nitrogens is 2. The van der Waals surface area contributed by atoms with Crippen molar-refractivity contribution in [3.05, 3.63) is 156 Å². The van der Waals surface area contributed by atoms with Gasteiger partial charge in [0, 0.05) is 54.9 Å². The standard InChI is InChI=1S/C37H33N3O3/c1-42-30-16-14-28(15-17-30)25-40-26-35(33-12-5-6-13-36(33)40)34(23-37(41)39-24-27-18-20-38-21-19-27)29-8-7-11-32(22-29)43-31-9-3-2-4-10-31/h2-22,26,34H,23-25H2,1H3,(H,39,41)/t34-/m0/s1. The number of hydrogen-bond donors (Lipinski definition) is 1. The predicted molar refractivity (Wildman–Crippen MR) is 170 cm³/mol. The van der Waals surface area contributed by atoms with Gasteiger partial charge in [-0.15, -0.1) is 0 Å². The van der Waals surface area contributed by atoms with Crippen molar-refractivity contribution in [1.82, 2.24) is 14.9 Å². The maximum atomic E-state index is 13.5. The van der Waals surface area contributed by atoms with Gasteiger partial charge in [0.2, 0.25) is 5.91 Å². The summed E-state index contributed by atoms with van der Waals surface area (Å²) in [7, 11) is 1.67. The van der Waals surface area contributed by atoms with Gasteiger partial charge in [-0.05, 0) is 76.9 Å². The molecule has 0 fully saturated rings. The van der Waals surface area contributed by atoms with Crippen LogP contribution < -0.4 is 14.8 Å². The van der Waals surface area contributed by atoms with Crippen LogP contribution in [0.3, 0.4) is 0 Å². The lowest BCUT2D eigenvalue weighted by molar-refractivity contribution is -0.121. The molecule has 0 spiro atoms. The minimum absolute atomic E-state index is 0.0248. The van der Waals surface area contributed by atoms with Gasteiger partial charge in [0.25, 0.3) is 0 Å². The van der Waals surface area contributed by atoms with Crippen molar-refractivity contribution < 1.29 is 14.3 Å². The highest BCUT2D eigenvalue weighted by Crippen LogP contribution is 2.37. The van der Waals surface area contributed by atoms with E-state index in [2.05, 4.69) is 63.5 Å². The van der Waals surface area contributed by atoms with Crippen LogP contribution in [0.1, 0.15) is 34.6 Å². The van der Waals surface area contributed by atoms with E-state index < -0.39 is 0 Å². The average molecular weight is 568 g/mol. The Kier molecular flexibility index (Phi) is 8.46. The topological polar surface area (TPSA) is 65.4 Å². The zero-order chi connectivity index (χ0) is 29.4. The number of benzene rings is 4. The fourth-order valence-electron chi connectivity index (χ4n) is 5.40. The number of hydrogen-bond acceptors (Lipinski definition) is 4. The van der Waals surface area contributed by atoms with Crippen LogP contribution in [-0.2, 0) is 17.9 Å². The first kappa shape index (κ1) is 27.8. The molecule has 0 aliphatic carbocycles. The van der Waals surface area contributed by atoms with Gasteiger partial charge in [0.1, 0.15) is 17.2 Å². The molecule has 43 heavy (non-hydrogen) atoms. The highest BCUT2D eigenvalue weighted by atomic mass is 16.5. The van der Waals surface area contributed by atoms with E-state index in [-0.39, 0.29) is 18.2 Å². The van der Waals surface area contributed by atoms with Crippen molar-refractivity contribution in [2.75, 3.05) is 7.11 Å². The van der Waals surface area contributed by atoms with E-state index in [1.54, 1.807) is 19.5 Å². The Morgan fingerprint density at radius 2 is 1.53 bits per heavy atom. The maximum Gasteiger partial charge on any atom is 0.221 e. The lowest BCUT2D eigenvalue weighted by atomic mass is 9.88. The summed E-state index contributed by atoms with van der Waals surface area (Å²) in [5.41, 5.74) is 5.40. The lowest BCUT2D eigenvalue weighted by Gasteiger charge is -2.18. The normalized spacial score (nSPS) is 11.7. The van der Waals surface area contributed by atoms with Crippen LogP contribution in [0.2, 0.25) is 0 Å². The molecule has 0 aliphatic heterocycles. The molecule has 0 bridgehead atoms. The summed E-state index contributed by atoms with van der Waals surface area (Å²) in [5, 5.41) is 4.23. The molecule has 2 heterocycles. The first-order chi connectivity index (χ1) is 21.2. The molecule has 2 aromatic heterocycles. The highest BCUT2D eigenvalue weighted by Gasteiger charge is 2.23. The third kappa shape index (κ3) is 6.76. The van der Waals surface area contributed by atoms with E-state index in [9.17, 15) is 4.79 Å². The van der Waals surface area contributed by atoms with Gasteiger partial charge >= 0.3 is 0 Å². The van der Waals surface area contributed by atoms with E-state index in [4.69, 9.17) is 9.47 Å². The number of nitrogens with one attached hydrogen (secondary N) is 1. The molecule has 6 heteroatoms. The summed E-state index contributed by atoms with van der Waals surface area (Å²) >= 11 is 0. The fraction of sp³-hybridized carbons (Fsp3) is 0.135. The lowest BCUT2D eigenvalue weighted by Crippen LogP contribution is -2.25. The van der Waals surface area contributed by atoms with Crippen LogP contribution in [0, 0.1) is 0 Å². The SMILES string of the molecule is COc1ccc(Cn2cc([C@@H](CC(=O)NCc3ccncc3)c3cccc(Oc4ccccc4)c3)c3ccccc32)cc1. The van der Waals surface area contributed by atoms with E-state index in [1.807, 2.05) is 72.8 Å². The quantitative estimate of drug-likeness (QED) is 0.174. The molecule has 214 valence electrons. The van der Waals surface area contributed by atoms with Crippen LogP contribution in [-0.4, -0.2) is 22.6 Å². The first-order valence-corrected chi connectivity index (χ1v) is 14.4. The summed E-state index contributed by atoms with van der Waals surface area (Å²) in [6.45, 7) is 1.15. The largest absolute Gasteiger partial charge is 0.497 e. The highest BCUT2D eigenvalue weighted by molar-refractivity contribution is 5.87. The molecule has 0 saturated heterocycles. The van der Waals surface area contributed by atoms with Gasteiger partial charge in [0.05, 0.1) is 7.11 Å². The molecule has 0 saturated carbocycles. The Morgan fingerprint density at radius 1 is 0.791 bits per heavy atom.